The molecule has 0 bridgehead atoms. The summed E-state index contributed by atoms with van der Waals surface area (Å²) in [6.45, 7) is 10.8. The van der Waals surface area contributed by atoms with E-state index in [-0.39, 0.29) is 29.2 Å². The highest BCUT2D eigenvalue weighted by Gasteiger charge is 2.69. The van der Waals surface area contributed by atoms with Gasteiger partial charge in [0.25, 0.3) is 0 Å². The molecule has 1 aromatic heterocycles. The number of hydrogen-bond acceptors (Lipinski definition) is 8. The highest BCUT2D eigenvalue weighted by molar-refractivity contribution is 6.17. The number of rotatable bonds is 13. The molecule has 1 aliphatic carbocycles. The minimum Gasteiger partial charge on any atom is -0.493 e. The summed E-state index contributed by atoms with van der Waals surface area (Å²) >= 11 is 0. The maximum atomic E-state index is 15.3. The maximum absolute atomic E-state index is 15.3. The number of nitrogens with one attached hydrogen (secondary N) is 2. The normalized spacial score (nSPS) is 18.7. The van der Waals surface area contributed by atoms with Gasteiger partial charge in [-0.1, -0.05) is 27.7 Å². The molecule has 3 atom stereocenters. The van der Waals surface area contributed by atoms with Crippen molar-refractivity contribution in [2.24, 2.45) is 17.3 Å². The number of halogens is 2. The van der Waals surface area contributed by atoms with Gasteiger partial charge in [-0.05, 0) is 67.4 Å². The number of benzene rings is 3. The molecule has 46 heavy (non-hydrogen) atoms. The Labute approximate surface area is 266 Å². The molecule has 10 nitrogen and oxygen atoms in total. The lowest BCUT2D eigenvalue weighted by molar-refractivity contribution is -0.132. The molecule has 3 aromatic carbocycles. The predicted octanol–water partition coefficient (Wildman–Crippen LogP) is 6.28. The fraction of sp³-hybridized carbons (Fsp3) is 0.353. The minimum absolute atomic E-state index is 0.103. The number of likely N-dealkylation sites (N-methyl/N-ethyl adjacent to an activating group) is 1. The predicted molar refractivity (Wildman–Crippen MR) is 170 cm³/mol. The highest BCUT2D eigenvalue weighted by Crippen LogP contribution is 2.59. The summed E-state index contributed by atoms with van der Waals surface area (Å²) in [7, 11) is 1.52. The van der Waals surface area contributed by atoms with Crippen LogP contribution in [0.3, 0.4) is 0 Å². The summed E-state index contributed by atoms with van der Waals surface area (Å²) in [6, 6.07) is 12.6. The van der Waals surface area contributed by atoms with E-state index in [0.29, 0.717) is 34.7 Å². The smallest absolute Gasteiger partial charge is 0.240 e. The van der Waals surface area contributed by atoms with E-state index < -0.39 is 28.9 Å². The Kier molecular flexibility index (Phi) is 9.66. The second-order valence-electron chi connectivity index (χ2n) is 11.2. The van der Waals surface area contributed by atoms with Gasteiger partial charge in [-0.15, -0.1) is 0 Å². The minimum atomic E-state index is -1.37. The van der Waals surface area contributed by atoms with Gasteiger partial charge in [-0.2, -0.15) is 0 Å². The van der Waals surface area contributed by atoms with Crippen LogP contribution in [0.1, 0.15) is 27.7 Å². The zero-order valence-corrected chi connectivity index (χ0v) is 26.4. The van der Waals surface area contributed by atoms with Gasteiger partial charge in [0, 0.05) is 30.1 Å². The Hall–Kier alpha value is -4.84. The summed E-state index contributed by atoms with van der Waals surface area (Å²) in [4.78, 5) is 37.4. The van der Waals surface area contributed by atoms with E-state index in [2.05, 4.69) is 39.3 Å². The molecular formula is C34H37F2N5O5. The van der Waals surface area contributed by atoms with Crippen LogP contribution in [0.4, 0.5) is 20.2 Å². The van der Waals surface area contributed by atoms with Crippen LogP contribution in [0.15, 0.2) is 60.9 Å². The first kappa shape index (κ1) is 32.6. The molecule has 0 spiro atoms. The molecule has 242 valence electrons. The van der Waals surface area contributed by atoms with E-state index in [1.54, 1.807) is 26.0 Å². The van der Waals surface area contributed by atoms with Gasteiger partial charge < -0.3 is 29.7 Å². The lowest BCUT2D eigenvalue weighted by Crippen LogP contribution is -2.38. The molecule has 1 heterocycles. The number of methoxy groups -OCH3 is 1. The van der Waals surface area contributed by atoms with Crippen molar-refractivity contribution < 1.29 is 32.6 Å². The third-order valence-electron chi connectivity index (χ3n) is 8.77. The molecule has 2 amide bonds. The van der Waals surface area contributed by atoms with E-state index >= 15 is 4.39 Å². The number of nitrogens with zero attached hydrogens (tertiary/aromatic N) is 3. The largest absolute Gasteiger partial charge is 0.493 e. The molecule has 1 aliphatic rings. The van der Waals surface area contributed by atoms with Crippen LogP contribution in [0.5, 0.6) is 23.1 Å². The fourth-order valence-corrected chi connectivity index (χ4v) is 5.69. The monoisotopic (exact) mass is 633 g/mol. The van der Waals surface area contributed by atoms with Crippen LogP contribution < -0.4 is 24.8 Å². The summed E-state index contributed by atoms with van der Waals surface area (Å²) < 4.78 is 46.0. The van der Waals surface area contributed by atoms with Crippen molar-refractivity contribution in [2.45, 2.75) is 27.7 Å². The van der Waals surface area contributed by atoms with Gasteiger partial charge in [0.2, 0.25) is 17.7 Å². The first-order valence-electron chi connectivity index (χ1n) is 15.2. The SMILES string of the molecule is CCN(CC)CCOc1cc2ncnc(Oc3ccc(NC(=O)C4(C(=O)Nc5ccc(F)cc5)C(C)[C@H]4C)cc3F)c2cc1OC. The van der Waals surface area contributed by atoms with Gasteiger partial charge >= 0.3 is 0 Å². The second-order valence-corrected chi connectivity index (χ2v) is 11.2. The standard InChI is InChI=1S/C34H37F2N5O5/c1-6-41(7-2)14-15-45-30-18-27-25(17-29(30)44-5)31(38-19-37-27)46-28-13-12-24(16-26(28)36)40-33(43)34(20(3)21(34)4)32(42)39-23-10-8-22(35)9-11-23/h8-13,16-21H,6-7,14-15H2,1-5H3,(H,39,42)(H,40,43)/t20-,21?,34?/m1/s1. The van der Waals surface area contributed by atoms with Crippen LogP contribution in [-0.2, 0) is 9.59 Å². The topological polar surface area (TPSA) is 115 Å². The van der Waals surface area contributed by atoms with E-state index in [9.17, 15) is 14.0 Å². The zero-order chi connectivity index (χ0) is 33.0. The first-order valence-corrected chi connectivity index (χ1v) is 15.2. The average molecular weight is 634 g/mol. The number of amides is 2. The summed E-state index contributed by atoms with van der Waals surface area (Å²) in [6.07, 6.45) is 1.31. The number of hydrogen-bond donors (Lipinski definition) is 2. The zero-order valence-electron chi connectivity index (χ0n) is 26.4. The Morgan fingerprint density at radius 3 is 2.13 bits per heavy atom. The Morgan fingerprint density at radius 1 is 0.870 bits per heavy atom. The highest BCUT2D eigenvalue weighted by atomic mass is 19.1. The lowest BCUT2D eigenvalue weighted by Gasteiger charge is -2.19. The molecule has 12 heteroatoms. The van der Waals surface area contributed by atoms with Gasteiger partial charge in [0.15, 0.2) is 23.1 Å². The van der Waals surface area contributed by atoms with Gasteiger partial charge in [-0.25, -0.2) is 18.7 Å². The third-order valence-corrected chi connectivity index (χ3v) is 8.77. The van der Waals surface area contributed by atoms with Crippen LogP contribution in [0.25, 0.3) is 10.9 Å². The van der Waals surface area contributed by atoms with Crippen molar-refractivity contribution in [1.82, 2.24) is 14.9 Å². The number of carbonyl (C=O) groups is 2. The average Bonchev–Trinajstić information content (AvgIpc) is 3.61. The van der Waals surface area contributed by atoms with Crippen molar-refractivity contribution in [3.63, 3.8) is 0 Å². The van der Waals surface area contributed by atoms with E-state index in [1.165, 1.54) is 49.8 Å². The molecule has 1 saturated carbocycles. The third kappa shape index (κ3) is 6.43. The molecule has 4 aromatic rings. The summed E-state index contributed by atoms with van der Waals surface area (Å²) in [5.41, 5.74) is -0.334. The lowest BCUT2D eigenvalue weighted by atomic mass is 9.99. The quantitative estimate of drug-likeness (QED) is 0.166. The van der Waals surface area contributed by atoms with E-state index in [4.69, 9.17) is 14.2 Å². The molecule has 2 N–H and O–H groups in total. The summed E-state index contributed by atoms with van der Waals surface area (Å²) in [5, 5.41) is 5.87. The van der Waals surface area contributed by atoms with Crippen molar-refractivity contribution >= 4 is 34.1 Å². The van der Waals surface area contributed by atoms with Crippen LogP contribution in [0, 0.1) is 28.9 Å². The maximum Gasteiger partial charge on any atom is 0.240 e. The van der Waals surface area contributed by atoms with Gasteiger partial charge in [-0.3, -0.25) is 9.59 Å². The number of ether oxygens (including phenoxy) is 3. The van der Waals surface area contributed by atoms with Crippen molar-refractivity contribution in [3.05, 3.63) is 72.6 Å². The Bertz CT molecular complexity index is 1720. The molecular weight excluding hydrogens is 596 g/mol. The van der Waals surface area contributed by atoms with Crippen LogP contribution in [0.2, 0.25) is 0 Å². The van der Waals surface area contributed by atoms with E-state index in [1.807, 2.05) is 0 Å². The molecule has 0 aliphatic heterocycles. The molecule has 2 unspecified atom stereocenters. The van der Waals surface area contributed by atoms with Crippen molar-refractivity contribution in [3.8, 4) is 23.1 Å². The van der Waals surface area contributed by atoms with E-state index in [0.717, 1.165) is 25.7 Å². The number of aromatic nitrogens is 2. The first-order chi connectivity index (χ1) is 22.1. The molecule has 1 fully saturated rings. The summed E-state index contributed by atoms with van der Waals surface area (Å²) in [5.74, 6) is -1.87. The molecule has 0 saturated heterocycles. The molecule has 0 radical (unpaired) electrons. The fourth-order valence-electron chi connectivity index (χ4n) is 5.69. The van der Waals surface area contributed by atoms with Crippen molar-refractivity contribution in [2.75, 3.05) is 44.0 Å². The molecule has 5 rings (SSSR count). The van der Waals surface area contributed by atoms with Crippen LogP contribution in [-0.4, -0.2) is 60.0 Å². The van der Waals surface area contributed by atoms with Crippen LogP contribution >= 0.6 is 0 Å². The number of fused-ring (bicyclic) bond motifs is 1. The number of anilines is 2. The Morgan fingerprint density at radius 2 is 1.52 bits per heavy atom. The van der Waals surface area contributed by atoms with Gasteiger partial charge in [0.1, 0.15) is 24.2 Å². The van der Waals surface area contributed by atoms with Crippen molar-refractivity contribution in [1.29, 1.82) is 0 Å². The second kappa shape index (κ2) is 13.7. The number of carbonyl (C=O) groups excluding carboxylic acids is 2. The van der Waals surface area contributed by atoms with Gasteiger partial charge in [0.05, 0.1) is 18.0 Å². The Balaban J connectivity index is 1.30.